The van der Waals surface area contributed by atoms with Crippen LogP contribution < -0.4 is 15.4 Å². The lowest BCUT2D eigenvalue weighted by Gasteiger charge is -2.24. The van der Waals surface area contributed by atoms with Gasteiger partial charge in [0.15, 0.2) is 5.96 Å². The number of carbonyl (C=O) groups excluding carboxylic acids is 2. The number of benzene rings is 1. The summed E-state index contributed by atoms with van der Waals surface area (Å²) in [6, 6.07) is 9.57. The van der Waals surface area contributed by atoms with E-state index in [1.165, 1.54) is 11.3 Å². The van der Waals surface area contributed by atoms with Crippen LogP contribution in [0.15, 0.2) is 46.3 Å². The van der Waals surface area contributed by atoms with Crippen molar-refractivity contribution in [3.63, 3.8) is 0 Å². The van der Waals surface area contributed by atoms with Gasteiger partial charge in [0.1, 0.15) is 11.6 Å². The first-order valence-electron chi connectivity index (χ1n) is 14.1. The Hall–Kier alpha value is -2.76. The van der Waals surface area contributed by atoms with Crippen LogP contribution in [0.5, 0.6) is 0 Å². The van der Waals surface area contributed by atoms with Crippen molar-refractivity contribution in [1.82, 2.24) is 15.4 Å². The van der Waals surface area contributed by atoms with Gasteiger partial charge in [0, 0.05) is 35.7 Å². The average Bonchev–Trinajstić information content (AvgIpc) is 3.32. The first kappa shape index (κ1) is 32.8. The van der Waals surface area contributed by atoms with Crippen LogP contribution in [0.1, 0.15) is 82.5 Å². The van der Waals surface area contributed by atoms with E-state index >= 15 is 0 Å². The summed E-state index contributed by atoms with van der Waals surface area (Å²) in [5.74, 6) is -0.114. The third-order valence-electron chi connectivity index (χ3n) is 6.37. The fourth-order valence-electron chi connectivity index (χ4n) is 4.20. The highest BCUT2D eigenvalue weighted by molar-refractivity contribution is 7.89. The Balaban J connectivity index is 1.61. The zero-order valence-electron chi connectivity index (χ0n) is 25.0. The van der Waals surface area contributed by atoms with Crippen molar-refractivity contribution in [2.45, 2.75) is 102 Å². The van der Waals surface area contributed by atoms with E-state index in [4.69, 9.17) is 4.74 Å². The molecule has 3 N–H and O–H groups in total. The van der Waals surface area contributed by atoms with Crippen molar-refractivity contribution in [3.05, 3.63) is 51.7 Å². The third-order valence-corrected chi connectivity index (χ3v) is 9.03. The number of thiophene rings is 1. The number of amides is 1. The summed E-state index contributed by atoms with van der Waals surface area (Å²) >= 11 is 1.54. The number of unbranched alkanes of at least 4 members (excludes halogenated alkanes) is 1. The highest BCUT2D eigenvalue weighted by Crippen LogP contribution is 2.25. The summed E-state index contributed by atoms with van der Waals surface area (Å²) in [5.41, 5.74) is 0.143. The van der Waals surface area contributed by atoms with Crippen LogP contribution in [0.2, 0.25) is 0 Å². The Morgan fingerprint density at radius 3 is 2.32 bits per heavy atom. The minimum atomic E-state index is -3.97. The minimum absolute atomic E-state index is 0.0504. The zero-order chi connectivity index (χ0) is 30.3. The van der Waals surface area contributed by atoms with E-state index in [0.717, 1.165) is 54.1 Å². The van der Waals surface area contributed by atoms with E-state index in [1.807, 2.05) is 12.1 Å². The van der Waals surface area contributed by atoms with Crippen molar-refractivity contribution < 1.29 is 22.7 Å². The van der Waals surface area contributed by atoms with Crippen LogP contribution in [0, 0.1) is 0 Å². The van der Waals surface area contributed by atoms with Gasteiger partial charge in [0.25, 0.3) is 0 Å². The second-order valence-corrected chi connectivity index (χ2v) is 15.3. The number of hydrogen-bond acceptors (Lipinski definition) is 8. The normalized spacial score (nSPS) is 15.0. The number of carbonyl (C=O) groups is 2. The van der Waals surface area contributed by atoms with Gasteiger partial charge in [0.05, 0.1) is 4.90 Å². The number of hydrogen-bond donors (Lipinski definition) is 3. The summed E-state index contributed by atoms with van der Waals surface area (Å²) in [7, 11) is -3.97. The van der Waals surface area contributed by atoms with Crippen LogP contribution in [0.3, 0.4) is 0 Å². The van der Waals surface area contributed by atoms with Crippen LogP contribution in [-0.2, 0) is 42.6 Å². The van der Waals surface area contributed by atoms with Gasteiger partial charge in [-0.3, -0.25) is 19.9 Å². The molecule has 0 saturated carbocycles. The molecule has 0 saturated heterocycles. The molecule has 1 amide bonds. The molecule has 0 radical (unpaired) electrons. The second kappa shape index (κ2) is 13.9. The predicted octanol–water partition coefficient (Wildman–Crippen LogP) is 4.46. The molecule has 0 aliphatic carbocycles. The van der Waals surface area contributed by atoms with Crippen molar-refractivity contribution in [2.75, 3.05) is 13.1 Å². The molecule has 9 nitrogen and oxygen atoms in total. The summed E-state index contributed by atoms with van der Waals surface area (Å²) in [6.07, 6.45) is 3.92. The largest absolute Gasteiger partial charge is 0.459 e. The van der Waals surface area contributed by atoms with E-state index in [0.29, 0.717) is 12.4 Å². The number of nitrogens with one attached hydrogen (secondary N) is 3. The van der Waals surface area contributed by atoms with Crippen molar-refractivity contribution in [2.24, 2.45) is 4.99 Å². The fraction of sp³-hybridized carbons (Fsp3) is 0.567. The number of guanidine groups is 1. The SMILES string of the molecule is CC(C)(C)OC(=O)[C@H](Cc1ccc(CCCCC(=O)NC2=NCCCN2)s1)NS(=O)(=O)c1ccc(C(C)(C)C)cc1. The fourth-order valence-corrected chi connectivity index (χ4v) is 6.49. The van der Waals surface area contributed by atoms with Crippen LogP contribution >= 0.6 is 11.3 Å². The van der Waals surface area contributed by atoms with E-state index in [1.54, 1.807) is 45.0 Å². The maximum absolute atomic E-state index is 13.3. The number of ether oxygens (including phenoxy) is 1. The number of esters is 1. The molecule has 11 heteroatoms. The molecule has 1 aliphatic rings. The van der Waals surface area contributed by atoms with Gasteiger partial charge < -0.3 is 10.1 Å². The number of rotatable bonds is 11. The molecule has 226 valence electrons. The maximum atomic E-state index is 13.3. The van der Waals surface area contributed by atoms with Crippen LogP contribution in [0.4, 0.5) is 0 Å². The van der Waals surface area contributed by atoms with Gasteiger partial charge in [-0.05, 0) is 81.7 Å². The molecular weight excluding hydrogens is 560 g/mol. The average molecular weight is 605 g/mol. The standard InChI is InChI=1S/C30H44N4O5S2/c1-29(2,3)21-12-16-24(17-13-21)41(37,38)34-25(27(36)39-30(4,5)6)20-23-15-14-22(40-23)10-7-8-11-26(35)33-28-31-18-9-19-32-28/h12-17,25,34H,7-11,18-20H2,1-6H3,(H2,31,32,33,35)/t25-/m0/s1. The second-order valence-electron chi connectivity index (χ2n) is 12.3. The zero-order valence-corrected chi connectivity index (χ0v) is 26.6. The molecule has 0 bridgehead atoms. The molecule has 1 aliphatic heterocycles. The topological polar surface area (TPSA) is 126 Å². The Morgan fingerprint density at radius 1 is 1.02 bits per heavy atom. The minimum Gasteiger partial charge on any atom is -0.459 e. The van der Waals surface area contributed by atoms with Gasteiger partial charge in [-0.2, -0.15) is 4.72 Å². The van der Waals surface area contributed by atoms with Crippen LogP contribution in [0.25, 0.3) is 0 Å². The number of aliphatic imine (C=N–C) groups is 1. The first-order valence-corrected chi connectivity index (χ1v) is 16.4. The Morgan fingerprint density at radius 2 is 1.71 bits per heavy atom. The van der Waals surface area contributed by atoms with Crippen molar-refractivity contribution >= 4 is 39.2 Å². The Labute approximate surface area is 248 Å². The van der Waals surface area contributed by atoms with E-state index in [9.17, 15) is 18.0 Å². The van der Waals surface area contributed by atoms with Gasteiger partial charge in [0.2, 0.25) is 15.9 Å². The number of nitrogens with zero attached hydrogens (tertiary/aromatic N) is 1. The summed E-state index contributed by atoms with van der Waals surface area (Å²) in [5, 5.41) is 5.89. The maximum Gasteiger partial charge on any atom is 0.325 e. The molecular formula is C30H44N4O5S2. The molecule has 1 atom stereocenters. The third kappa shape index (κ3) is 10.9. The quantitative estimate of drug-likeness (QED) is 0.257. The molecule has 2 heterocycles. The van der Waals surface area contributed by atoms with Gasteiger partial charge >= 0.3 is 5.97 Å². The van der Waals surface area contributed by atoms with Crippen LogP contribution in [-0.4, -0.2) is 51.0 Å². The Kier molecular flexibility index (Phi) is 11.1. The lowest BCUT2D eigenvalue weighted by atomic mass is 9.87. The number of sulfonamides is 1. The van der Waals surface area contributed by atoms with Crippen molar-refractivity contribution in [3.8, 4) is 0 Å². The summed E-state index contributed by atoms with van der Waals surface area (Å²) < 4.78 is 34.7. The molecule has 3 rings (SSSR count). The lowest BCUT2D eigenvalue weighted by molar-refractivity contribution is -0.156. The first-order chi connectivity index (χ1) is 19.1. The molecule has 0 unspecified atom stereocenters. The molecule has 1 aromatic heterocycles. The predicted molar refractivity (Wildman–Crippen MR) is 164 cm³/mol. The molecule has 41 heavy (non-hydrogen) atoms. The highest BCUT2D eigenvalue weighted by atomic mass is 32.2. The van der Waals surface area contributed by atoms with Gasteiger partial charge in [-0.25, -0.2) is 8.42 Å². The van der Waals surface area contributed by atoms with Gasteiger partial charge in [-0.15, -0.1) is 11.3 Å². The summed E-state index contributed by atoms with van der Waals surface area (Å²) in [4.78, 5) is 31.6. The monoisotopic (exact) mass is 604 g/mol. The van der Waals surface area contributed by atoms with E-state index < -0.39 is 27.6 Å². The summed E-state index contributed by atoms with van der Waals surface area (Å²) in [6.45, 7) is 13.0. The molecule has 2 aromatic rings. The lowest BCUT2D eigenvalue weighted by Crippen LogP contribution is -2.45. The number of aryl methyl sites for hydroxylation is 1. The Bertz CT molecular complexity index is 1320. The smallest absolute Gasteiger partial charge is 0.325 e. The molecule has 0 spiro atoms. The van der Waals surface area contributed by atoms with E-state index in [2.05, 4.69) is 41.1 Å². The molecule has 1 aromatic carbocycles. The van der Waals surface area contributed by atoms with Gasteiger partial charge in [-0.1, -0.05) is 32.9 Å². The molecule has 0 fully saturated rings. The van der Waals surface area contributed by atoms with E-state index in [-0.39, 0.29) is 22.6 Å². The van der Waals surface area contributed by atoms with Crippen molar-refractivity contribution in [1.29, 1.82) is 0 Å². The highest BCUT2D eigenvalue weighted by Gasteiger charge is 2.31.